The molecule has 0 aliphatic carbocycles. The Kier molecular flexibility index (Phi) is 7.57. The Labute approximate surface area is 234 Å². The van der Waals surface area contributed by atoms with Crippen LogP contribution in [0.2, 0.25) is 0 Å². The summed E-state index contributed by atoms with van der Waals surface area (Å²) in [4.78, 5) is 37.8. The zero-order valence-electron chi connectivity index (χ0n) is 23.9. The number of amides is 1. The number of aryl methyl sites for hydroxylation is 1. The van der Waals surface area contributed by atoms with Crippen molar-refractivity contribution >= 4 is 28.9 Å². The minimum absolute atomic E-state index is 0.161. The number of piperazine rings is 1. The number of aromatic amines is 1. The first-order valence-corrected chi connectivity index (χ1v) is 13.4. The Balaban J connectivity index is 1.26. The van der Waals surface area contributed by atoms with Crippen LogP contribution in [0.25, 0.3) is 22.3 Å². The van der Waals surface area contributed by atoms with E-state index in [1.807, 2.05) is 58.0 Å². The molecule has 5 rings (SSSR count). The monoisotopic (exact) mass is 544 g/mol. The topological polar surface area (TPSA) is 121 Å². The molecule has 210 valence electrons. The number of anilines is 2. The summed E-state index contributed by atoms with van der Waals surface area (Å²) in [6.45, 7) is 12.5. The molecule has 0 spiro atoms. The van der Waals surface area contributed by atoms with Gasteiger partial charge in [-0.2, -0.15) is 0 Å². The van der Waals surface area contributed by atoms with Gasteiger partial charge in [-0.05, 0) is 64.4 Å². The van der Waals surface area contributed by atoms with Crippen LogP contribution in [-0.4, -0.2) is 79.7 Å². The van der Waals surface area contributed by atoms with Gasteiger partial charge in [-0.1, -0.05) is 6.07 Å². The normalized spacial score (nSPS) is 15.2. The number of H-pyrrole nitrogens is 1. The number of aromatic nitrogens is 5. The van der Waals surface area contributed by atoms with E-state index in [4.69, 9.17) is 9.47 Å². The Morgan fingerprint density at radius 1 is 1.07 bits per heavy atom. The van der Waals surface area contributed by atoms with E-state index in [1.165, 1.54) is 6.33 Å². The van der Waals surface area contributed by atoms with Crippen LogP contribution in [0, 0.1) is 6.92 Å². The number of benzene rings is 1. The van der Waals surface area contributed by atoms with Crippen molar-refractivity contribution in [3.05, 3.63) is 54.1 Å². The number of carbonyl (C=O) groups excluding carboxylic acids is 1. The van der Waals surface area contributed by atoms with Crippen LogP contribution in [-0.2, 0) is 4.74 Å². The summed E-state index contributed by atoms with van der Waals surface area (Å²) < 4.78 is 11.1. The smallest absolute Gasteiger partial charge is 0.410 e. The molecule has 1 aromatic carbocycles. The molecule has 1 amide bonds. The van der Waals surface area contributed by atoms with Gasteiger partial charge in [-0.3, -0.25) is 4.90 Å². The largest absolute Gasteiger partial charge is 0.493 e. The summed E-state index contributed by atoms with van der Waals surface area (Å²) in [5.41, 5.74) is 4.75. The van der Waals surface area contributed by atoms with Gasteiger partial charge in [-0.15, -0.1) is 0 Å². The van der Waals surface area contributed by atoms with Crippen LogP contribution < -0.4 is 10.1 Å². The van der Waals surface area contributed by atoms with Crippen molar-refractivity contribution in [1.29, 1.82) is 0 Å². The molecule has 4 heterocycles. The fraction of sp³-hybridized carbons (Fsp3) is 0.414. The Bertz CT molecular complexity index is 1500. The summed E-state index contributed by atoms with van der Waals surface area (Å²) in [6, 6.07) is 10.2. The van der Waals surface area contributed by atoms with Crippen molar-refractivity contribution in [3.63, 3.8) is 0 Å². The van der Waals surface area contributed by atoms with Gasteiger partial charge in [0, 0.05) is 44.0 Å². The molecule has 0 saturated carbocycles. The molecule has 1 aliphatic rings. The van der Waals surface area contributed by atoms with Gasteiger partial charge in [0.15, 0.2) is 5.75 Å². The van der Waals surface area contributed by atoms with E-state index >= 15 is 0 Å². The number of hydrogen-bond acceptors (Lipinski definition) is 9. The molecule has 1 unspecified atom stereocenters. The highest BCUT2D eigenvalue weighted by Gasteiger charge is 2.28. The molecular weight excluding hydrogens is 508 g/mol. The van der Waals surface area contributed by atoms with Gasteiger partial charge in [0.2, 0.25) is 5.95 Å². The molecule has 2 N–H and O–H groups in total. The lowest BCUT2D eigenvalue weighted by molar-refractivity contribution is 0.0110. The number of hydrogen-bond donors (Lipinski definition) is 2. The van der Waals surface area contributed by atoms with Crippen molar-refractivity contribution in [2.24, 2.45) is 0 Å². The second kappa shape index (κ2) is 11.1. The van der Waals surface area contributed by atoms with Gasteiger partial charge in [-0.25, -0.2) is 24.7 Å². The van der Waals surface area contributed by atoms with Crippen molar-refractivity contribution in [1.82, 2.24) is 34.7 Å². The fourth-order valence-electron chi connectivity index (χ4n) is 4.85. The molecule has 1 atom stereocenters. The lowest BCUT2D eigenvalue weighted by Gasteiger charge is -2.38. The average molecular weight is 545 g/mol. The summed E-state index contributed by atoms with van der Waals surface area (Å²) in [5, 5.41) is 3.31. The predicted molar refractivity (Wildman–Crippen MR) is 154 cm³/mol. The third kappa shape index (κ3) is 5.99. The fourth-order valence-corrected chi connectivity index (χ4v) is 4.85. The minimum Gasteiger partial charge on any atom is -0.493 e. The maximum Gasteiger partial charge on any atom is 0.410 e. The number of nitrogens with one attached hydrogen (secondary N) is 2. The molecule has 4 aromatic rings. The lowest BCUT2D eigenvalue weighted by Crippen LogP contribution is -2.50. The van der Waals surface area contributed by atoms with Gasteiger partial charge in [0.05, 0.1) is 23.8 Å². The van der Waals surface area contributed by atoms with Crippen LogP contribution in [0.3, 0.4) is 0 Å². The van der Waals surface area contributed by atoms with Crippen LogP contribution in [0.5, 0.6) is 5.75 Å². The van der Waals surface area contributed by atoms with Crippen LogP contribution in [0.4, 0.5) is 16.6 Å². The first kappa shape index (κ1) is 27.3. The molecule has 0 radical (unpaired) electrons. The first-order valence-electron chi connectivity index (χ1n) is 13.4. The van der Waals surface area contributed by atoms with Crippen molar-refractivity contribution in [3.8, 4) is 17.0 Å². The lowest BCUT2D eigenvalue weighted by atomic mass is 10.1. The molecule has 0 bridgehead atoms. The van der Waals surface area contributed by atoms with Crippen molar-refractivity contribution in [2.45, 2.75) is 46.3 Å². The SMILES string of the molecule is COc1c(C)ncnc1-c1ccc2nc(Nc3cc(C(C)N4CCN(C(=O)OC(C)(C)C)CC4)ccn3)[nH]c2c1. The predicted octanol–water partition coefficient (Wildman–Crippen LogP) is 5.09. The molecular formula is C29H36N8O3. The van der Waals surface area contributed by atoms with Gasteiger partial charge < -0.3 is 24.7 Å². The zero-order valence-corrected chi connectivity index (χ0v) is 23.9. The first-order chi connectivity index (χ1) is 19.1. The molecule has 40 heavy (non-hydrogen) atoms. The van der Waals surface area contributed by atoms with Crippen LogP contribution in [0.15, 0.2) is 42.9 Å². The van der Waals surface area contributed by atoms with Gasteiger partial charge in [0.1, 0.15) is 23.4 Å². The Morgan fingerprint density at radius 3 is 2.58 bits per heavy atom. The van der Waals surface area contributed by atoms with E-state index in [-0.39, 0.29) is 12.1 Å². The zero-order chi connectivity index (χ0) is 28.4. The van der Waals surface area contributed by atoms with Crippen molar-refractivity contribution in [2.75, 3.05) is 38.6 Å². The number of fused-ring (bicyclic) bond motifs is 1. The summed E-state index contributed by atoms with van der Waals surface area (Å²) in [6.07, 6.45) is 3.09. The molecule has 1 fully saturated rings. The van der Waals surface area contributed by atoms with E-state index in [0.29, 0.717) is 30.6 Å². The molecule has 1 aliphatic heterocycles. The Hall–Kier alpha value is -4.25. The molecule has 1 saturated heterocycles. The average Bonchev–Trinajstić information content (AvgIpc) is 3.33. The van der Waals surface area contributed by atoms with E-state index in [0.717, 1.165) is 46.6 Å². The molecule has 11 heteroatoms. The quantitative estimate of drug-likeness (QED) is 0.342. The van der Waals surface area contributed by atoms with E-state index < -0.39 is 5.60 Å². The van der Waals surface area contributed by atoms with Crippen molar-refractivity contribution < 1.29 is 14.3 Å². The van der Waals surface area contributed by atoms with E-state index in [9.17, 15) is 4.79 Å². The summed E-state index contributed by atoms with van der Waals surface area (Å²) >= 11 is 0. The minimum atomic E-state index is -0.492. The maximum absolute atomic E-state index is 12.4. The third-order valence-electron chi connectivity index (χ3n) is 6.97. The van der Waals surface area contributed by atoms with Crippen LogP contribution >= 0.6 is 0 Å². The van der Waals surface area contributed by atoms with Gasteiger partial charge in [0.25, 0.3) is 0 Å². The van der Waals surface area contributed by atoms with Gasteiger partial charge >= 0.3 is 6.09 Å². The number of nitrogens with zero attached hydrogens (tertiary/aromatic N) is 6. The number of rotatable bonds is 6. The van der Waals surface area contributed by atoms with Crippen LogP contribution in [0.1, 0.15) is 45.0 Å². The second-order valence-corrected chi connectivity index (χ2v) is 10.9. The summed E-state index contributed by atoms with van der Waals surface area (Å²) in [5.74, 6) is 1.95. The maximum atomic E-state index is 12.4. The Morgan fingerprint density at radius 2 is 1.85 bits per heavy atom. The molecule has 11 nitrogen and oxygen atoms in total. The van der Waals surface area contributed by atoms with E-state index in [2.05, 4.69) is 42.1 Å². The third-order valence-corrected chi connectivity index (χ3v) is 6.97. The highest BCUT2D eigenvalue weighted by molar-refractivity contribution is 5.84. The van der Waals surface area contributed by atoms with E-state index in [1.54, 1.807) is 18.2 Å². The number of ether oxygens (including phenoxy) is 2. The number of pyridine rings is 1. The summed E-state index contributed by atoms with van der Waals surface area (Å²) in [7, 11) is 1.62. The second-order valence-electron chi connectivity index (χ2n) is 10.9. The molecule has 3 aromatic heterocycles. The standard InChI is InChI=1S/C29H36N8O3/c1-18-26(39-6)25(32-17-31-18)21-7-8-22-23(15-21)34-27(33-22)35-24-16-20(9-10-30-24)19(2)36-11-13-37(14-12-36)28(38)40-29(3,4)5/h7-10,15-17,19H,11-14H2,1-6H3,(H2,30,33,34,35). The number of methoxy groups -OCH3 is 1. The highest BCUT2D eigenvalue weighted by Crippen LogP contribution is 2.32. The highest BCUT2D eigenvalue weighted by atomic mass is 16.6. The number of imidazole rings is 1. The number of carbonyl (C=O) groups is 1.